The van der Waals surface area contributed by atoms with Gasteiger partial charge in [0, 0.05) is 43.7 Å². The number of nitrogens with zero attached hydrogens (tertiary/aromatic N) is 3. The van der Waals surface area contributed by atoms with E-state index in [0.29, 0.717) is 54.9 Å². The Labute approximate surface area is 177 Å². The van der Waals surface area contributed by atoms with Crippen LogP contribution in [0.5, 0.6) is 0 Å². The lowest BCUT2D eigenvalue weighted by molar-refractivity contribution is -0.131. The van der Waals surface area contributed by atoms with Gasteiger partial charge in [-0.3, -0.25) is 9.59 Å². The number of nitriles is 1. The Bertz CT molecular complexity index is 1240. The van der Waals surface area contributed by atoms with Gasteiger partial charge in [-0.15, -0.1) is 0 Å². The number of aromatic amines is 1. The fourth-order valence-electron chi connectivity index (χ4n) is 3.84. The van der Waals surface area contributed by atoms with Crippen LogP contribution in [0.25, 0.3) is 10.8 Å². The Morgan fingerprint density at radius 2 is 1.84 bits per heavy atom. The molecule has 0 unspecified atom stereocenters. The molecular formula is C23H20F2N4O2. The van der Waals surface area contributed by atoms with Crippen LogP contribution in [0.2, 0.25) is 0 Å². The molecule has 2 aromatic carbocycles. The first-order chi connectivity index (χ1) is 14.9. The molecule has 0 spiro atoms. The van der Waals surface area contributed by atoms with Gasteiger partial charge >= 0.3 is 0 Å². The molecule has 2 heterocycles. The minimum atomic E-state index is -0.473. The van der Waals surface area contributed by atoms with E-state index in [4.69, 9.17) is 5.26 Å². The molecule has 0 radical (unpaired) electrons. The number of rotatable bonds is 4. The molecule has 4 rings (SSSR count). The molecule has 1 N–H and O–H groups in total. The number of piperazine rings is 1. The monoisotopic (exact) mass is 422 g/mol. The third-order valence-corrected chi connectivity index (χ3v) is 5.52. The van der Waals surface area contributed by atoms with Gasteiger partial charge in [0.15, 0.2) is 0 Å². The van der Waals surface area contributed by atoms with Crippen molar-refractivity contribution in [3.05, 3.63) is 75.7 Å². The predicted molar refractivity (Wildman–Crippen MR) is 113 cm³/mol. The summed E-state index contributed by atoms with van der Waals surface area (Å²) in [5.41, 5.74) is 1.000. The molecular weight excluding hydrogens is 402 g/mol. The van der Waals surface area contributed by atoms with Crippen molar-refractivity contribution in [2.45, 2.75) is 12.8 Å². The summed E-state index contributed by atoms with van der Waals surface area (Å²) in [4.78, 5) is 31.1. The van der Waals surface area contributed by atoms with Crippen molar-refractivity contribution in [3.63, 3.8) is 0 Å². The first kappa shape index (κ1) is 20.5. The Hall–Kier alpha value is -3.73. The zero-order valence-electron chi connectivity index (χ0n) is 16.7. The summed E-state index contributed by atoms with van der Waals surface area (Å²) in [6.07, 6.45) is 0.585. The lowest BCUT2D eigenvalue weighted by atomic mass is 10.1. The van der Waals surface area contributed by atoms with Crippen LogP contribution in [0.15, 0.2) is 47.3 Å². The smallest absolute Gasteiger partial charge is 0.256 e. The van der Waals surface area contributed by atoms with E-state index in [1.54, 1.807) is 17.0 Å². The van der Waals surface area contributed by atoms with Crippen LogP contribution in [-0.4, -0.2) is 42.0 Å². The fourth-order valence-corrected chi connectivity index (χ4v) is 3.84. The third-order valence-electron chi connectivity index (χ3n) is 5.52. The number of fused-ring (bicyclic) bond motifs is 1. The van der Waals surface area contributed by atoms with Crippen LogP contribution in [0.1, 0.15) is 17.7 Å². The van der Waals surface area contributed by atoms with E-state index in [-0.39, 0.29) is 29.1 Å². The normalized spacial score (nSPS) is 14.0. The predicted octanol–water partition coefficient (Wildman–Crippen LogP) is 2.96. The van der Waals surface area contributed by atoms with Crippen LogP contribution in [0.4, 0.5) is 14.5 Å². The van der Waals surface area contributed by atoms with Gasteiger partial charge in [0.2, 0.25) is 5.91 Å². The Morgan fingerprint density at radius 1 is 1.06 bits per heavy atom. The second-order valence-electron chi connectivity index (χ2n) is 7.50. The number of halogens is 2. The Morgan fingerprint density at radius 3 is 2.58 bits per heavy atom. The molecule has 0 saturated carbocycles. The Kier molecular flexibility index (Phi) is 5.67. The highest BCUT2D eigenvalue weighted by Gasteiger charge is 2.23. The second kappa shape index (κ2) is 8.56. The highest BCUT2D eigenvalue weighted by Crippen LogP contribution is 2.22. The van der Waals surface area contributed by atoms with Gasteiger partial charge in [0.25, 0.3) is 5.56 Å². The van der Waals surface area contributed by atoms with E-state index in [9.17, 15) is 18.4 Å². The number of anilines is 1. The van der Waals surface area contributed by atoms with Crippen molar-refractivity contribution >= 4 is 22.4 Å². The highest BCUT2D eigenvalue weighted by atomic mass is 19.1. The summed E-state index contributed by atoms with van der Waals surface area (Å²) in [6, 6.07) is 12.0. The van der Waals surface area contributed by atoms with Crippen LogP contribution in [-0.2, 0) is 11.2 Å². The minimum Gasteiger partial charge on any atom is -0.366 e. The number of benzene rings is 2. The van der Waals surface area contributed by atoms with E-state index in [1.807, 2.05) is 11.0 Å². The van der Waals surface area contributed by atoms with Gasteiger partial charge in [-0.05, 0) is 48.2 Å². The summed E-state index contributed by atoms with van der Waals surface area (Å²) in [5.74, 6) is -0.913. The molecule has 1 aliphatic heterocycles. The van der Waals surface area contributed by atoms with E-state index < -0.39 is 5.82 Å². The van der Waals surface area contributed by atoms with Crippen molar-refractivity contribution in [1.29, 1.82) is 5.26 Å². The van der Waals surface area contributed by atoms with Gasteiger partial charge in [-0.2, -0.15) is 5.26 Å². The first-order valence-electron chi connectivity index (χ1n) is 9.98. The first-order valence-corrected chi connectivity index (χ1v) is 9.98. The summed E-state index contributed by atoms with van der Waals surface area (Å²) in [6.45, 7) is 1.83. The maximum atomic E-state index is 14.1. The standard InChI is InChI=1S/C23H20F2N4O2/c24-17-3-2-16-12-18(27-23(31)19(16)13-17)4-6-22(30)29-9-7-28(8-10-29)21-11-15(14-26)1-5-20(21)25/h1-3,5,11-13H,4,6-10H2,(H,27,31). The van der Waals surface area contributed by atoms with Crippen LogP contribution in [0.3, 0.4) is 0 Å². The van der Waals surface area contributed by atoms with E-state index in [1.165, 1.54) is 30.3 Å². The number of carbonyl (C=O) groups excluding carboxylic acids is 1. The molecule has 158 valence electrons. The summed E-state index contributed by atoms with van der Waals surface area (Å²) in [7, 11) is 0. The van der Waals surface area contributed by atoms with Gasteiger partial charge in [-0.1, -0.05) is 6.07 Å². The van der Waals surface area contributed by atoms with Gasteiger partial charge < -0.3 is 14.8 Å². The molecule has 3 aromatic rings. The summed E-state index contributed by atoms with van der Waals surface area (Å²) < 4.78 is 27.5. The van der Waals surface area contributed by atoms with Crippen LogP contribution in [0, 0.1) is 23.0 Å². The lowest BCUT2D eigenvalue weighted by Crippen LogP contribution is -2.49. The summed E-state index contributed by atoms with van der Waals surface area (Å²) in [5, 5.41) is 9.93. The molecule has 0 atom stereocenters. The topological polar surface area (TPSA) is 80.2 Å². The largest absolute Gasteiger partial charge is 0.366 e. The maximum absolute atomic E-state index is 14.1. The number of amides is 1. The molecule has 1 aromatic heterocycles. The average Bonchev–Trinajstić information content (AvgIpc) is 2.78. The minimum absolute atomic E-state index is 0.0500. The molecule has 6 nitrogen and oxygen atoms in total. The molecule has 1 fully saturated rings. The molecule has 31 heavy (non-hydrogen) atoms. The number of nitrogens with one attached hydrogen (secondary N) is 1. The zero-order valence-corrected chi connectivity index (χ0v) is 16.7. The number of carbonyl (C=O) groups is 1. The number of aryl methyl sites for hydroxylation is 1. The molecule has 8 heteroatoms. The quantitative estimate of drug-likeness (QED) is 0.701. The molecule has 0 bridgehead atoms. The maximum Gasteiger partial charge on any atom is 0.256 e. The second-order valence-corrected chi connectivity index (χ2v) is 7.50. The van der Waals surface area contributed by atoms with Crippen LogP contribution >= 0.6 is 0 Å². The van der Waals surface area contributed by atoms with E-state index in [0.717, 1.165) is 0 Å². The third kappa shape index (κ3) is 4.40. The number of pyridine rings is 1. The zero-order chi connectivity index (χ0) is 22.0. The van der Waals surface area contributed by atoms with E-state index >= 15 is 0 Å². The number of aromatic nitrogens is 1. The number of hydrogen-bond donors (Lipinski definition) is 1. The van der Waals surface area contributed by atoms with Crippen molar-refractivity contribution in [2.24, 2.45) is 0 Å². The van der Waals surface area contributed by atoms with Gasteiger partial charge in [-0.25, -0.2) is 8.78 Å². The SMILES string of the molecule is N#Cc1ccc(F)c(N2CCN(C(=O)CCc3cc4ccc(F)cc4c(=O)[nH]3)CC2)c1. The van der Waals surface area contributed by atoms with Crippen molar-refractivity contribution in [2.75, 3.05) is 31.1 Å². The van der Waals surface area contributed by atoms with Gasteiger partial charge in [0.05, 0.1) is 17.3 Å². The van der Waals surface area contributed by atoms with Crippen molar-refractivity contribution in [3.8, 4) is 6.07 Å². The molecule has 0 aliphatic carbocycles. The van der Waals surface area contributed by atoms with Crippen LogP contribution < -0.4 is 10.5 Å². The lowest BCUT2D eigenvalue weighted by Gasteiger charge is -2.36. The van der Waals surface area contributed by atoms with Crippen molar-refractivity contribution < 1.29 is 13.6 Å². The van der Waals surface area contributed by atoms with Crippen molar-refractivity contribution in [1.82, 2.24) is 9.88 Å². The fraction of sp³-hybridized carbons (Fsp3) is 0.261. The number of hydrogen-bond acceptors (Lipinski definition) is 4. The van der Waals surface area contributed by atoms with E-state index in [2.05, 4.69) is 4.98 Å². The number of H-pyrrole nitrogens is 1. The highest BCUT2D eigenvalue weighted by molar-refractivity contribution is 5.82. The molecule has 1 saturated heterocycles. The molecule has 1 amide bonds. The average molecular weight is 422 g/mol. The van der Waals surface area contributed by atoms with Gasteiger partial charge in [0.1, 0.15) is 11.6 Å². The Balaban J connectivity index is 1.37. The summed E-state index contributed by atoms with van der Waals surface area (Å²) >= 11 is 0. The molecule has 1 aliphatic rings.